The summed E-state index contributed by atoms with van der Waals surface area (Å²) in [6.07, 6.45) is 5.86. The smallest absolute Gasteiger partial charge is 0.337 e. The SMILES string of the molecule is COC(=O)c1ccc(-n2cc[n+](C)c2)cc1.[I-]. The predicted molar refractivity (Wildman–Crippen MR) is 58.3 cm³/mol. The molecule has 1 aromatic carbocycles. The van der Waals surface area contributed by atoms with Crippen molar-refractivity contribution in [3.8, 4) is 5.69 Å². The van der Waals surface area contributed by atoms with Crippen LogP contribution in [-0.4, -0.2) is 17.6 Å². The maximum absolute atomic E-state index is 11.2. The molecule has 0 radical (unpaired) electrons. The fraction of sp³-hybridized carbons (Fsp3) is 0.167. The van der Waals surface area contributed by atoms with Crippen LogP contribution in [0.4, 0.5) is 0 Å². The van der Waals surface area contributed by atoms with E-state index in [9.17, 15) is 4.79 Å². The lowest BCUT2D eigenvalue weighted by molar-refractivity contribution is -0.670. The molecule has 17 heavy (non-hydrogen) atoms. The topological polar surface area (TPSA) is 35.1 Å². The van der Waals surface area contributed by atoms with Gasteiger partial charge in [0.15, 0.2) is 0 Å². The number of aromatic nitrogens is 2. The highest BCUT2D eigenvalue weighted by Crippen LogP contribution is 2.09. The zero-order chi connectivity index (χ0) is 11.5. The summed E-state index contributed by atoms with van der Waals surface area (Å²) >= 11 is 0. The Labute approximate surface area is 117 Å². The van der Waals surface area contributed by atoms with Gasteiger partial charge in [0.2, 0.25) is 6.33 Å². The molecule has 0 N–H and O–H groups in total. The van der Waals surface area contributed by atoms with Crippen LogP contribution < -0.4 is 28.5 Å². The quantitative estimate of drug-likeness (QED) is 0.362. The number of methoxy groups -OCH3 is 1. The lowest BCUT2D eigenvalue weighted by Gasteiger charge is -1.99. The van der Waals surface area contributed by atoms with Gasteiger partial charge in [0, 0.05) is 0 Å². The van der Waals surface area contributed by atoms with Gasteiger partial charge in [0.1, 0.15) is 18.1 Å². The normalized spacial score (nSPS) is 9.53. The van der Waals surface area contributed by atoms with Crippen molar-refractivity contribution in [3.05, 3.63) is 48.5 Å². The summed E-state index contributed by atoms with van der Waals surface area (Å²) in [5.41, 5.74) is 1.57. The van der Waals surface area contributed by atoms with Crippen molar-refractivity contribution in [2.24, 2.45) is 7.05 Å². The first kappa shape index (κ1) is 13.7. The van der Waals surface area contributed by atoms with Gasteiger partial charge in [-0.3, -0.25) is 0 Å². The first-order chi connectivity index (χ1) is 7.70. The number of aryl methyl sites for hydroxylation is 1. The zero-order valence-electron chi connectivity index (χ0n) is 9.63. The summed E-state index contributed by atoms with van der Waals surface area (Å²) < 4.78 is 8.56. The standard InChI is InChI=1S/C12H13N2O2.HI/c1-13-7-8-14(9-13)11-5-3-10(4-6-11)12(15)16-2;/h3-9H,1-2H3;1H/q+1;/p-1. The molecule has 0 aliphatic heterocycles. The maximum atomic E-state index is 11.2. The Morgan fingerprint density at radius 1 is 1.29 bits per heavy atom. The zero-order valence-corrected chi connectivity index (χ0v) is 11.8. The summed E-state index contributed by atoms with van der Waals surface area (Å²) in [5, 5.41) is 0. The Hall–Kier alpha value is -1.37. The fourth-order valence-electron chi connectivity index (χ4n) is 1.49. The van der Waals surface area contributed by atoms with E-state index in [1.807, 2.05) is 47.0 Å². The Morgan fingerprint density at radius 3 is 2.41 bits per heavy atom. The van der Waals surface area contributed by atoms with Crippen LogP contribution in [0.5, 0.6) is 0 Å². The molecule has 0 atom stereocenters. The number of esters is 1. The van der Waals surface area contributed by atoms with Crippen LogP contribution >= 0.6 is 0 Å². The summed E-state index contributed by atoms with van der Waals surface area (Å²) in [7, 11) is 3.33. The number of hydrogen-bond acceptors (Lipinski definition) is 2. The summed E-state index contributed by atoms with van der Waals surface area (Å²) in [5.74, 6) is -0.315. The molecule has 1 aromatic heterocycles. The van der Waals surface area contributed by atoms with Crippen molar-refractivity contribution < 1.29 is 38.1 Å². The van der Waals surface area contributed by atoms with Crippen LogP contribution in [0.25, 0.3) is 5.69 Å². The van der Waals surface area contributed by atoms with Gasteiger partial charge in [-0.2, -0.15) is 0 Å². The van der Waals surface area contributed by atoms with Crippen LogP contribution in [0.15, 0.2) is 43.0 Å². The van der Waals surface area contributed by atoms with Crippen molar-refractivity contribution >= 4 is 5.97 Å². The highest BCUT2D eigenvalue weighted by atomic mass is 127. The van der Waals surface area contributed by atoms with Crippen LogP contribution in [-0.2, 0) is 11.8 Å². The second-order valence-corrected chi connectivity index (χ2v) is 3.52. The van der Waals surface area contributed by atoms with E-state index >= 15 is 0 Å². The Bertz CT molecular complexity index is 505. The number of benzene rings is 1. The lowest BCUT2D eigenvalue weighted by Crippen LogP contribution is -3.00. The highest BCUT2D eigenvalue weighted by molar-refractivity contribution is 5.89. The van der Waals surface area contributed by atoms with Crippen LogP contribution in [0.1, 0.15) is 10.4 Å². The molecule has 0 aliphatic rings. The molecule has 2 rings (SSSR count). The van der Waals surface area contributed by atoms with Crippen molar-refractivity contribution in [1.29, 1.82) is 0 Å². The van der Waals surface area contributed by atoms with Crippen molar-refractivity contribution in [2.45, 2.75) is 0 Å². The number of halogens is 1. The molecule has 2 aromatic rings. The van der Waals surface area contributed by atoms with Gasteiger partial charge in [0.05, 0.1) is 19.7 Å². The molecule has 4 nitrogen and oxygen atoms in total. The van der Waals surface area contributed by atoms with E-state index < -0.39 is 0 Å². The summed E-state index contributed by atoms with van der Waals surface area (Å²) in [6, 6.07) is 7.26. The minimum Gasteiger partial charge on any atom is -1.00 e. The number of hydrogen-bond donors (Lipinski definition) is 0. The van der Waals surface area contributed by atoms with E-state index in [4.69, 9.17) is 0 Å². The Morgan fingerprint density at radius 2 is 1.94 bits per heavy atom. The molecule has 0 saturated carbocycles. The van der Waals surface area contributed by atoms with Gasteiger partial charge in [0.25, 0.3) is 0 Å². The number of carbonyl (C=O) groups excluding carboxylic acids is 1. The molecule has 0 aliphatic carbocycles. The molecular weight excluding hydrogens is 331 g/mol. The average molecular weight is 344 g/mol. The number of ether oxygens (including phenoxy) is 1. The lowest BCUT2D eigenvalue weighted by atomic mass is 10.2. The van der Waals surface area contributed by atoms with Crippen LogP contribution in [0.3, 0.4) is 0 Å². The van der Waals surface area contributed by atoms with Gasteiger partial charge in [-0.05, 0) is 24.3 Å². The molecule has 5 heteroatoms. The van der Waals surface area contributed by atoms with E-state index in [0.717, 1.165) is 5.69 Å². The Kier molecular flexibility index (Phi) is 4.68. The Balaban J connectivity index is 0.00000144. The maximum Gasteiger partial charge on any atom is 0.337 e. The molecule has 0 saturated heterocycles. The van der Waals surface area contributed by atoms with Gasteiger partial charge >= 0.3 is 5.97 Å². The first-order valence-electron chi connectivity index (χ1n) is 4.92. The van der Waals surface area contributed by atoms with E-state index in [1.54, 1.807) is 12.1 Å². The van der Waals surface area contributed by atoms with E-state index in [1.165, 1.54) is 7.11 Å². The second kappa shape index (κ2) is 5.81. The van der Waals surface area contributed by atoms with Gasteiger partial charge in [-0.1, -0.05) is 0 Å². The third-order valence-corrected chi connectivity index (χ3v) is 2.36. The number of carbonyl (C=O) groups is 1. The summed E-state index contributed by atoms with van der Waals surface area (Å²) in [6.45, 7) is 0. The van der Waals surface area contributed by atoms with Crippen LogP contribution in [0, 0.1) is 0 Å². The van der Waals surface area contributed by atoms with Crippen LogP contribution in [0.2, 0.25) is 0 Å². The van der Waals surface area contributed by atoms with Crippen molar-refractivity contribution in [2.75, 3.05) is 7.11 Å². The molecular formula is C12H13IN2O2. The van der Waals surface area contributed by atoms with Gasteiger partial charge in [-0.25, -0.2) is 13.9 Å². The first-order valence-corrected chi connectivity index (χ1v) is 4.92. The van der Waals surface area contributed by atoms with Crippen molar-refractivity contribution in [3.63, 3.8) is 0 Å². The van der Waals surface area contributed by atoms with E-state index in [0.29, 0.717) is 5.56 Å². The monoisotopic (exact) mass is 344 g/mol. The molecule has 0 amide bonds. The largest absolute Gasteiger partial charge is 1.00 e. The highest BCUT2D eigenvalue weighted by Gasteiger charge is 2.07. The summed E-state index contributed by atoms with van der Waals surface area (Å²) in [4.78, 5) is 11.2. The van der Waals surface area contributed by atoms with E-state index in [-0.39, 0.29) is 29.9 Å². The third-order valence-electron chi connectivity index (χ3n) is 2.36. The molecule has 0 fully saturated rings. The number of rotatable bonds is 2. The van der Waals surface area contributed by atoms with E-state index in [2.05, 4.69) is 4.74 Å². The fourth-order valence-corrected chi connectivity index (χ4v) is 1.49. The average Bonchev–Trinajstić information content (AvgIpc) is 2.75. The molecule has 0 spiro atoms. The second-order valence-electron chi connectivity index (χ2n) is 3.52. The van der Waals surface area contributed by atoms with Gasteiger partial charge < -0.3 is 28.7 Å². The number of imidazole rings is 1. The molecule has 0 unspecified atom stereocenters. The molecule has 0 bridgehead atoms. The van der Waals surface area contributed by atoms with Gasteiger partial charge in [-0.15, -0.1) is 0 Å². The predicted octanol–water partition coefficient (Wildman–Crippen LogP) is -1.91. The minimum atomic E-state index is -0.315. The molecule has 90 valence electrons. The third kappa shape index (κ3) is 3.06. The number of nitrogens with zero attached hydrogens (tertiary/aromatic N) is 2. The molecule has 1 heterocycles. The minimum absolute atomic E-state index is 0. The van der Waals surface area contributed by atoms with Crippen molar-refractivity contribution in [1.82, 2.24) is 4.57 Å².